The number of fused-ring (bicyclic) bond motifs is 1. The Balaban J connectivity index is 2.81. The third-order valence-corrected chi connectivity index (χ3v) is 2.71. The van der Waals surface area contributed by atoms with Gasteiger partial charge in [0, 0.05) is 19.5 Å². The predicted octanol–water partition coefficient (Wildman–Crippen LogP) is 3.73. The van der Waals surface area contributed by atoms with Gasteiger partial charge in [0.15, 0.2) is 5.65 Å². The van der Waals surface area contributed by atoms with E-state index in [1.54, 1.807) is 14.1 Å². The number of nitrogens with zero attached hydrogens (tertiary/aromatic N) is 3. The molecule has 114 valence electrons. The first-order valence-corrected chi connectivity index (χ1v) is 5.63. The molecule has 0 aliphatic carbocycles. The maximum Gasteiger partial charge on any atom is 0.433 e. The van der Waals surface area contributed by atoms with E-state index in [-0.39, 0.29) is 11.9 Å². The summed E-state index contributed by atoms with van der Waals surface area (Å²) in [6.45, 7) is 0. The molecule has 0 radical (unpaired) electrons. The van der Waals surface area contributed by atoms with Crippen LogP contribution in [-0.4, -0.2) is 24.1 Å². The fraction of sp³-hybridized carbons (Fsp3) is 0.333. The molecule has 21 heavy (non-hydrogen) atoms. The number of alkyl halides is 6. The Bertz CT molecular complexity index is 675. The maximum absolute atomic E-state index is 12.9. The average Bonchev–Trinajstić information content (AvgIpc) is 2.34. The van der Waals surface area contributed by atoms with Gasteiger partial charge in [-0.05, 0) is 18.2 Å². The molecule has 0 unspecified atom stereocenters. The molecule has 2 heterocycles. The standard InChI is InChI=1S/C12H9F6N3/c1-21(2)9-4-3-6-7(11(13,14)15)5-8(12(16,17)18)19-10(6)20-9/h3-5H,1-2H3. The lowest BCUT2D eigenvalue weighted by molar-refractivity contribution is -0.144. The fourth-order valence-corrected chi connectivity index (χ4v) is 1.72. The zero-order chi connectivity index (χ0) is 16.0. The third-order valence-electron chi connectivity index (χ3n) is 2.71. The van der Waals surface area contributed by atoms with Crippen molar-refractivity contribution in [3.63, 3.8) is 0 Å². The Labute approximate surface area is 115 Å². The highest BCUT2D eigenvalue weighted by Gasteiger charge is 2.39. The van der Waals surface area contributed by atoms with E-state index in [0.29, 0.717) is 0 Å². The minimum atomic E-state index is -4.98. The smallest absolute Gasteiger partial charge is 0.363 e. The summed E-state index contributed by atoms with van der Waals surface area (Å²) in [6.07, 6.45) is -9.91. The number of rotatable bonds is 1. The predicted molar refractivity (Wildman–Crippen MR) is 63.9 cm³/mol. The summed E-state index contributed by atoms with van der Waals surface area (Å²) in [6, 6.07) is 2.35. The molecule has 0 bridgehead atoms. The Morgan fingerprint density at radius 2 is 1.52 bits per heavy atom. The van der Waals surface area contributed by atoms with Crippen molar-refractivity contribution in [2.45, 2.75) is 12.4 Å². The Kier molecular flexibility index (Phi) is 3.46. The minimum absolute atomic E-state index is 0.000648. The van der Waals surface area contributed by atoms with Crippen LogP contribution in [0, 0.1) is 0 Å². The summed E-state index contributed by atoms with van der Waals surface area (Å²) in [5, 5.41) is -0.471. The van der Waals surface area contributed by atoms with Crippen LogP contribution in [0.5, 0.6) is 0 Å². The lowest BCUT2D eigenvalue weighted by Gasteiger charge is -2.16. The van der Waals surface area contributed by atoms with Crippen molar-refractivity contribution in [2.24, 2.45) is 0 Å². The highest BCUT2D eigenvalue weighted by Crippen LogP contribution is 2.38. The number of anilines is 1. The van der Waals surface area contributed by atoms with Crippen molar-refractivity contribution in [1.82, 2.24) is 9.97 Å². The van der Waals surface area contributed by atoms with Crippen LogP contribution in [0.15, 0.2) is 18.2 Å². The number of pyridine rings is 2. The Hall–Kier alpha value is -2.06. The highest BCUT2D eigenvalue weighted by atomic mass is 19.4. The van der Waals surface area contributed by atoms with Gasteiger partial charge in [0.25, 0.3) is 0 Å². The van der Waals surface area contributed by atoms with Gasteiger partial charge in [-0.2, -0.15) is 26.3 Å². The second-order valence-corrected chi connectivity index (χ2v) is 4.49. The van der Waals surface area contributed by atoms with Crippen LogP contribution >= 0.6 is 0 Å². The lowest BCUT2D eigenvalue weighted by Crippen LogP contribution is -2.15. The Morgan fingerprint density at radius 3 is 2.00 bits per heavy atom. The molecule has 0 fully saturated rings. The van der Waals surface area contributed by atoms with Gasteiger partial charge in [-0.3, -0.25) is 0 Å². The molecule has 0 saturated carbocycles. The molecule has 0 aromatic carbocycles. The van der Waals surface area contributed by atoms with E-state index in [4.69, 9.17) is 0 Å². The third kappa shape index (κ3) is 3.01. The maximum atomic E-state index is 12.9. The molecule has 0 N–H and O–H groups in total. The van der Waals surface area contributed by atoms with Gasteiger partial charge in [0.05, 0.1) is 5.56 Å². The first-order valence-electron chi connectivity index (χ1n) is 5.63. The van der Waals surface area contributed by atoms with Crippen LogP contribution < -0.4 is 4.90 Å². The van der Waals surface area contributed by atoms with Gasteiger partial charge in [-0.15, -0.1) is 0 Å². The average molecular weight is 309 g/mol. The first-order chi connectivity index (χ1) is 9.50. The van der Waals surface area contributed by atoms with Crippen molar-refractivity contribution in [3.05, 3.63) is 29.5 Å². The van der Waals surface area contributed by atoms with Crippen LogP contribution in [0.25, 0.3) is 11.0 Å². The van der Waals surface area contributed by atoms with Crippen LogP contribution in [0.1, 0.15) is 11.3 Å². The molecular weight excluding hydrogens is 300 g/mol. The molecule has 9 heteroatoms. The number of halogens is 6. The van der Waals surface area contributed by atoms with Gasteiger partial charge in [0.2, 0.25) is 0 Å². The summed E-state index contributed by atoms with van der Waals surface area (Å²) < 4.78 is 76.8. The number of aromatic nitrogens is 2. The van der Waals surface area contributed by atoms with E-state index >= 15 is 0 Å². The molecular formula is C12H9F6N3. The second-order valence-electron chi connectivity index (χ2n) is 4.49. The molecule has 0 amide bonds. The molecule has 3 nitrogen and oxygen atoms in total. The molecule has 2 rings (SSSR count). The van der Waals surface area contributed by atoms with Crippen molar-refractivity contribution in [1.29, 1.82) is 0 Å². The van der Waals surface area contributed by atoms with Crippen molar-refractivity contribution in [3.8, 4) is 0 Å². The zero-order valence-corrected chi connectivity index (χ0v) is 10.8. The molecule has 0 spiro atoms. The van der Waals surface area contributed by atoms with E-state index in [0.717, 1.165) is 6.07 Å². The lowest BCUT2D eigenvalue weighted by atomic mass is 10.1. The van der Waals surface area contributed by atoms with Crippen LogP contribution in [0.4, 0.5) is 32.2 Å². The highest BCUT2D eigenvalue weighted by molar-refractivity contribution is 5.81. The fourth-order valence-electron chi connectivity index (χ4n) is 1.72. The normalized spacial score (nSPS) is 12.8. The summed E-state index contributed by atoms with van der Waals surface area (Å²) >= 11 is 0. The van der Waals surface area contributed by atoms with E-state index in [1.165, 1.54) is 11.0 Å². The first kappa shape index (κ1) is 15.3. The van der Waals surface area contributed by atoms with E-state index in [2.05, 4.69) is 9.97 Å². The van der Waals surface area contributed by atoms with Gasteiger partial charge in [0.1, 0.15) is 11.5 Å². The molecule has 0 saturated heterocycles. The number of hydrogen-bond acceptors (Lipinski definition) is 3. The molecule has 0 aliphatic rings. The van der Waals surface area contributed by atoms with E-state index in [9.17, 15) is 26.3 Å². The molecule has 2 aromatic heterocycles. The SMILES string of the molecule is CN(C)c1ccc2c(C(F)(F)F)cc(C(F)(F)F)nc2n1. The van der Waals surface area contributed by atoms with Crippen LogP contribution in [0.3, 0.4) is 0 Å². The molecule has 0 atom stereocenters. The molecule has 0 aliphatic heterocycles. The number of hydrogen-bond donors (Lipinski definition) is 0. The zero-order valence-electron chi connectivity index (χ0n) is 10.8. The summed E-state index contributed by atoms with van der Waals surface area (Å²) in [7, 11) is 3.12. The van der Waals surface area contributed by atoms with Crippen molar-refractivity contribution in [2.75, 3.05) is 19.0 Å². The Morgan fingerprint density at radius 1 is 0.905 bits per heavy atom. The van der Waals surface area contributed by atoms with Gasteiger partial charge in [-0.1, -0.05) is 0 Å². The van der Waals surface area contributed by atoms with Crippen molar-refractivity contribution < 1.29 is 26.3 Å². The second kappa shape index (κ2) is 4.74. The largest absolute Gasteiger partial charge is 0.433 e. The van der Waals surface area contributed by atoms with E-state index in [1.807, 2.05) is 0 Å². The van der Waals surface area contributed by atoms with Gasteiger partial charge >= 0.3 is 12.4 Å². The van der Waals surface area contributed by atoms with Gasteiger partial charge < -0.3 is 4.90 Å². The quantitative estimate of drug-likeness (QED) is 0.752. The van der Waals surface area contributed by atoms with Crippen LogP contribution in [0.2, 0.25) is 0 Å². The van der Waals surface area contributed by atoms with E-state index < -0.39 is 34.6 Å². The van der Waals surface area contributed by atoms with Gasteiger partial charge in [-0.25, -0.2) is 9.97 Å². The summed E-state index contributed by atoms with van der Waals surface area (Å²) in [5.41, 5.74) is -3.62. The summed E-state index contributed by atoms with van der Waals surface area (Å²) in [5.74, 6) is 0.211. The van der Waals surface area contributed by atoms with Crippen LogP contribution in [-0.2, 0) is 12.4 Å². The topological polar surface area (TPSA) is 29.0 Å². The molecule has 2 aromatic rings. The monoisotopic (exact) mass is 309 g/mol. The van der Waals surface area contributed by atoms with Crippen molar-refractivity contribution >= 4 is 16.9 Å². The summed E-state index contributed by atoms with van der Waals surface area (Å²) in [4.78, 5) is 8.39. The minimum Gasteiger partial charge on any atom is -0.363 e.